The second-order valence-electron chi connectivity index (χ2n) is 4.65. The molecule has 1 amide bonds. The summed E-state index contributed by atoms with van der Waals surface area (Å²) in [6, 6.07) is 7.66. The number of ether oxygens (including phenoxy) is 1. The zero-order chi connectivity index (χ0) is 14.3. The molecule has 0 radical (unpaired) electrons. The summed E-state index contributed by atoms with van der Waals surface area (Å²) in [6.45, 7) is 3.41. The van der Waals surface area contributed by atoms with E-state index < -0.39 is 0 Å². The summed E-state index contributed by atoms with van der Waals surface area (Å²) in [5, 5.41) is 2.86. The summed E-state index contributed by atoms with van der Waals surface area (Å²) in [6.07, 6.45) is 1.62. The van der Waals surface area contributed by atoms with Gasteiger partial charge in [0.05, 0.1) is 7.11 Å². The van der Waals surface area contributed by atoms with Crippen LogP contribution < -0.4 is 10.1 Å². The number of benzene rings is 1. The van der Waals surface area contributed by atoms with Gasteiger partial charge < -0.3 is 15.0 Å². The van der Waals surface area contributed by atoms with E-state index in [1.165, 1.54) is 0 Å². The number of nitrogens with one attached hydrogen (secondary N) is 1. The van der Waals surface area contributed by atoms with Crippen molar-refractivity contribution in [3.05, 3.63) is 35.9 Å². The summed E-state index contributed by atoms with van der Waals surface area (Å²) >= 11 is 0. The third kappa shape index (κ3) is 5.57. The average molecular weight is 262 g/mol. The highest BCUT2D eigenvalue weighted by Gasteiger charge is 2.01. The van der Waals surface area contributed by atoms with Crippen molar-refractivity contribution in [3.8, 4) is 5.75 Å². The van der Waals surface area contributed by atoms with Crippen molar-refractivity contribution >= 4 is 11.5 Å². The summed E-state index contributed by atoms with van der Waals surface area (Å²) in [7, 11) is 5.59. The van der Waals surface area contributed by atoms with E-state index in [0.29, 0.717) is 6.54 Å². The summed E-state index contributed by atoms with van der Waals surface area (Å²) in [5.41, 5.74) is 1.95. The van der Waals surface area contributed by atoms with Gasteiger partial charge in [-0.2, -0.15) is 0 Å². The third-order valence-corrected chi connectivity index (χ3v) is 2.75. The molecule has 0 aliphatic rings. The van der Waals surface area contributed by atoms with Gasteiger partial charge in [0.1, 0.15) is 5.75 Å². The number of carbonyl (C=O) groups excluding carboxylic acids is 1. The Morgan fingerprint density at radius 2 is 1.95 bits per heavy atom. The number of allylic oxidation sites excluding steroid dienone is 1. The molecule has 0 heterocycles. The molecule has 4 nitrogen and oxygen atoms in total. The van der Waals surface area contributed by atoms with Gasteiger partial charge >= 0.3 is 0 Å². The molecule has 1 aromatic carbocycles. The Morgan fingerprint density at radius 3 is 2.47 bits per heavy atom. The molecule has 0 bridgehead atoms. The molecule has 0 atom stereocenters. The maximum atomic E-state index is 11.7. The van der Waals surface area contributed by atoms with E-state index in [2.05, 4.69) is 5.32 Å². The molecule has 19 heavy (non-hydrogen) atoms. The van der Waals surface area contributed by atoms with Crippen LogP contribution in [0.15, 0.2) is 30.3 Å². The minimum absolute atomic E-state index is 0.0600. The average Bonchev–Trinajstić information content (AvgIpc) is 2.38. The van der Waals surface area contributed by atoms with Gasteiger partial charge in [-0.15, -0.1) is 0 Å². The molecule has 0 spiro atoms. The van der Waals surface area contributed by atoms with Crippen molar-refractivity contribution in [1.82, 2.24) is 10.2 Å². The molecule has 0 unspecified atom stereocenters. The highest BCUT2D eigenvalue weighted by Crippen LogP contribution is 2.17. The van der Waals surface area contributed by atoms with Crippen LogP contribution in [0.1, 0.15) is 12.5 Å². The molecule has 1 N–H and O–H groups in total. The monoisotopic (exact) mass is 262 g/mol. The molecular weight excluding hydrogens is 240 g/mol. The van der Waals surface area contributed by atoms with E-state index in [9.17, 15) is 4.79 Å². The lowest BCUT2D eigenvalue weighted by molar-refractivity contribution is -0.116. The normalized spacial score (nSPS) is 11.5. The number of nitrogens with zero attached hydrogens (tertiary/aromatic N) is 1. The van der Waals surface area contributed by atoms with Gasteiger partial charge in [0, 0.05) is 19.2 Å². The summed E-state index contributed by atoms with van der Waals surface area (Å²) < 4.78 is 5.10. The van der Waals surface area contributed by atoms with Gasteiger partial charge in [0.2, 0.25) is 5.91 Å². The van der Waals surface area contributed by atoms with Crippen LogP contribution in [0.2, 0.25) is 0 Å². The second kappa shape index (κ2) is 7.59. The Morgan fingerprint density at radius 1 is 1.32 bits per heavy atom. The van der Waals surface area contributed by atoms with Crippen molar-refractivity contribution in [2.75, 3.05) is 34.3 Å². The molecule has 1 aromatic rings. The van der Waals surface area contributed by atoms with Crippen molar-refractivity contribution < 1.29 is 9.53 Å². The number of amides is 1. The highest BCUT2D eigenvalue weighted by molar-refractivity contribution is 5.94. The smallest absolute Gasteiger partial charge is 0.244 e. The zero-order valence-corrected chi connectivity index (χ0v) is 12.1. The SMILES string of the molecule is COc1ccc(/C(C)=C/C(=O)NCCN(C)C)cc1. The highest BCUT2D eigenvalue weighted by atomic mass is 16.5. The molecule has 104 valence electrons. The Bertz CT molecular complexity index is 436. The largest absolute Gasteiger partial charge is 0.497 e. The van der Waals surface area contributed by atoms with Crippen molar-refractivity contribution in [1.29, 1.82) is 0 Å². The van der Waals surface area contributed by atoms with E-state index in [-0.39, 0.29) is 5.91 Å². The molecule has 0 aliphatic carbocycles. The number of hydrogen-bond acceptors (Lipinski definition) is 3. The standard InChI is InChI=1S/C15H22N2O2/c1-12(11-15(18)16-9-10-17(2)3)13-5-7-14(19-4)8-6-13/h5-8,11H,9-10H2,1-4H3,(H,16,18)/b12-11+. The van der Waals surface area contributed by atoms with Crippen LogP contribution in [0.4, 0.5) is 0 Å². The predicted octanol–water partition coefficient (Wildman–Crippen LogP) is 1.78. The second-order valence-corrected chi connectivity index (χ2v) is 4.65. The maximum absolute atomic E-state index is 11.7. The molecule has 4 heteroatoms. The molecule has 1 rings (SSSR count). The van der Waals surface area contributed by atoms with Gasteiger partial charge in [-0.3, -0.25) is 4.79 Å². The van der Waals surface area contributed by atoms with E-state index >= 15 is 0 Å². The first-order valence-corrected chi connectivity index (χ1v) is 6.28. The molecule has 0 saturated carbocycles. The number of likely N-dealkylation sites (N-methyl/N-ethyl adjacent to an activating group) is 1. The van der Waals surface area contributed by atoms with Crippen LogP contribution in [0.3, 0.4) is 0 Å². The first kappa shape index (κ1) is 15.2. The molecule has 0 aliphatic heterocycles. The van der Waals surface area contributed by atoms with Gasteiger partial charge in [0.25, 0.3) is 0 Å². The van der Waals surface area contributed by atoms with E-state index in [1.54, 1.807) is 13.2 Å². The van der Waals surface area contributed by atoms with Crippen LogP contribution in [-0.2, 0) is 4.79 Å². The summed E-state index contributed by atoms with van der Waals surface area (Å²) in [4.78, 5) is 13.7. The number of carbonyl (C=O) groups is 1. The quantitative estimate of drug-likeness (QED) is 0.795. The zero-order valence-electron chi connectivity index (χ0n) is 12.1. The fraction of sp³-hybridized carbons (Fsp3) is 0.400. The van der Waals surface area contributed by atoms with Crippen molar-refractivity contribution in [2.45, 2.75) is 6.92 Å². The molecule has 0 saturated heterocycles. The van der Waals surface area contributed by atoms with Crippen molar-refractivity contribution in [2.24, 2.45) is 0 Å². The first-order valence-electron chi connectivity index (χ1n) is 6.28. The van der Waals surface area contributed by atoms with E-state index in [4.69, 9.17) is 4.74 Å². The Balaban J connectivity index is 2.57. The van der Waals surface area contributed by atoms with Gasteiger partial charge in [-0.05, 0) is 44.3 Å². The number of rotatable bonds is 6. The Kier molecular flexibility index (Phi) is 6.09. The third-order valence-electron chi connectivity index (χ3n) is 2.75. The summed E-state index contributed by atoms with van der Waals surface area (Å²) in [5.74, 6) is 0.752. The fourth-order valence-corrected chi connectivity index (χ4v) is 1.59. The Hall–Kier alpha value is -1.81. The fourth-order valence-electron chi connectivity index (χ4n) is 1.59. The number of methoxy groups -OCH3 is 1. The van der Waals surface area contributed by atoms with Crippen LogP contribution in [-0.4, -0.2) is 45.1 Å². The van der Waals surface area contributed by atoms with Crippen LogP contribution in [0.5, 0.6) is 5.75 Å². The Labute approximate surface area is 115 Å². The maximum Gasteiger partial charge on any atom is 0.244 e. The lowest BCUT2D eigenvalue weighted by Crippen LogP contribution is -2.30. The minimum atomic E-state index is -0.0600. The van der Waals surface area contributed by atoms with Crippen LogP contribution in [0.25, 0.3) is 5.57 Å². The van der Waals surface area contributed by atoms with Gasteiger partial charge in [0.15, 0.2) is 0 Å². The topological polar surface area (TPSA) is 41.6 Å². The molecular formula is C15H22N2O2. The lowest BCUT2D eigenvalue weighted by Gasteiger charge is -2.09. The van der Waals surface area contributed by atoms with Crippen molar-refractivity contribution in [3.63, 3.8) is 0 Å². The molecule has 0 aromatic heterocycles. The lowest BCUT2D eigenvalue weighted by atomic mass is 10.1. The number of hydrogen-bond donors (Lipinski definition) is 1. The molecule has 0 fully saturated rings. The van der Waals surface area contributed by atoms with Crippen LogP contribution in [0, 0.1) is 0 Å². The van der Waals surface area contributed by atoms with E-state index in [1.807, 2.05) is 50.2 Å². The first-order chi connectivity index (χ1) is 9.02. The predicted molar refractivity (Wildman–Crippen MR) is 78.2 cm³/mol. The van der Waals surface area contributed by atoms with Gasteiger partial charge in [-0.25, -0.2) is 0 Å². The van der Waals surface area contributed by atoms with Gasteiger partial charge in [-0.1, -0.05) is 12.1 Å². The van der Waals surface area contributed by atoms with E-state index in [0.717, 1.165) is 23.4 Å². The van der Waals surface area contributed by atoms with Crippen LogP contribution >= 0.6 is 0 Å². The minimum Gasteiger partial charge on any atom is -0.497 e.